The van der Waals surface area contributed by atoms with Gasteiger partial charge in [0.05, 0.1) is 18.1 Å². The number of unbranched alkanes of at least 4 members (excludes halogenated alkanes) is 1. The van der Waals surface area contributed by atoms with Crippen LogP contribution in [0.5, 0.6) is 0 Å². The Morgan fingerprint density at radius 3 is 2.67 bits per heavy atom. The molecule has 104 valence electrons. The van der Waals surface area contributed by atoms with E-state index in [0.29, 0.717) is 12.6 Å². The number of aryl methyl sites for hydroxylation is 1. The number of hydrogen-bond donors (Lipinski definition) is 1. The Bertz CT molecular complexity index is 321. The van der Waals surface area contributed by atoms with Gasteiger partial charge >= 0.3 is 0 Å². The molecule has 0 radical (unpaired) electrons. The molecule has 2 N–H and O–H groups in total. The maximum absolute atomic E-state index is 5.99. The van der Waals surface area contributed by atoms with E-state index in [-0.39, 0.29) is 0 Å². The van der Waals surface area contributed by atoms with Gasteiger partial charge in [-0.2, -0.15) is 0 Å². The molecule has 0 fully saturated rings. The second-order valence-electron chi connectivity index (χ2n) is 4.75. The van der Waals surface area contributed by atoms with Gasteiger partial charge in [0.15, 0.2) is 0 Å². The van der Waals surface area contributed by atoms with Crippen molar-refractivity contribution in [3.8, 4) is 0 Å². The molecule has 0 aliphatic rings. The zero-order valence-electron chi connectivity index (χ0n) is 12.1. The first kappa shape index (κ1) is 15.2. The summed E-state index contributed by atoms with van der Waals surface area (Å²) in [5.41, 5.74) is 7.26. The van der Waals surface area contributed by atoms with Crippen molar-refractivity contribution in [2.24, 2.45) is 5.73 Å². The number of likely N-dealkylation sites (N-methyl/N-ethyl adjacent to an activating group) is 1. The molecule has 0 aliphatic heterocycles. The van der Waals surface area contributed by atoms with E-state index >= 15 is 0 Å². The van der Waals surface area contributed by atoms with Gasteiger partial charge in [-0.25, -0.2) is 4.98 Å². The maximum atomic E-state index is 5.99. The lowest BCUT2D eigenvalue weighted by Crippen LogP contribution is -2.35. The van der Waals surface area contributed by atoms with Crippen LogP contribution in [0.15, 0.2) is 12.5 Å². The predicted molar refractivity (Wildman–Crippen MR) is 76.5 cm³/mol. The lowest BCUT2D eigenvalue weighted by molar-refractivity contribution is 0.201. The summed E-state index contributed by atoms with van der Waals surface area (Å²) in [5, 5.41) is 0. The van der Waals surface area contributed by atoms with E-state index in [1.165, 1.54) is 18.5 Å². The van der Waals surface area contributed by atoms with Gasteiger partial charge in [-0.1, -0.05) is 27.2 Å². The Kier molecular flexibility index (Phi) is 6.98. The van der Waals surface area contributed by atoms with Gasteiger partial charge in [0.25, 0.3) is 0 Å². The highest BCUT2D eigenvalue weighted by Gasteiger charge is 2.20. The third kappa shape index (κ3) is 3.82. The maximum Gasteiger partial charge on any atom is 0.0948 e. The van der Waals surface area contributed by atoms with Crippen molar-refractivity contribution in [1.82, 2.24) is 14.5 Å². The van der Waals surface area contributed by atoms with Crippen LogP contribution < -0.4 is 5.73 Å². The highest BCUT2D eigenvalue weighted by atomic mass is 15.2. The van der Waals surface area contributed by atoms with Gasteiger partial charge in [-0.15, -0.1) is 0 Å². The van der Waals surface area contributed by atoms with Crippen LogP contribution in [-0.4, -0.2) is 34.1 Å². The normalized spacial score (nSPS) is 13.2. The predicted octanol–water partition coefficient (Wildman–Crippen LogP) is 2.41. The molecule has 0 aromatic carbocycles. The molecule has 0 spiro atoms. The molecule has 0 aliphatic carbocycles. The van der Waals surface area contributed by atoms with E-state index in [1.54, 1.807) is 0 Å². The Morgan fingerprint density at radius 1 is 1.33 bits per heavy atom. The Morgan fingerprint density at radius 2 is 2.11 bits per heavy atom. The molecule has 1 aromatic rings. The summed E-state index contributed by atoms with van der Waals surface area (Å²) in [5.74, 6) is 0. The van der Waals surface area contributed by atoms with E-state index in [4.69, 9.17) is 5.73 Å². The number of aromatic nitrogens is 2. The molecule has 4 heteroatoms. The summed E-state index contributed by atoms with van der Waals surface area (Å²) >= 11 is 0. The minimum atomic E-state index is 0.301. The Hall–Kier alpha value is -0.870. The average molecular weight is 252 g/mol. The average Bonchev–Trinajstić information content (AvgIpc) is 2.83. The molecule has 0 bridgehead atoms. The molecule has 1 aromatic heterocycles. The van der Waals surface area contributed by atoms with Crippen LogP contribution in [-0.2, 0) is 6.54 Å². The number of hydrogen-bond acceptors (Lipinski definition) is 3. The number of nitrogens with two attached hydrogens (primary N) is 1. The molecule has 0 saturated carbocycles. The first-order valence-electron chi connectivity index (χ1n) is 7.22. The number of rotatable bonds is 9. The summed E-state index contributed by atoms with van der Waals surface area (Å²) in [4.78, 5) is 6.75. The second-order valence-corrected chi connectivity index (χ2v) is 4.75. The zero-order chi connectivity index (χ0) is 13.4. The molecule has 0 saturated heterocycles. The molecule has 0 amide bonds. The minimum Gasteiger partial charge on any atom is -0.333 e. The van der Waals surface area contributed by atoms with Gasteiger partial charge in [-0.05, 0) is 25.9 Å². The van der Waals surface area contributed by atoms with Gasteiger partial charge in [-0.3, -0.25) is 4.90 Å². The van der Waals surface area contributed by atoms with Crippen molar-refractivity contribution >= 4 is 0 Å². The van der Waals surface area contributed by atoms with Crippen molar-refractivity contribution in [2.45, 2.75) is 52.6 Å². The van der Waals surface area contributed by atoms with Crippen molar-refractivity contribution in [1.29, 1.82) is 0 Å². The fourth-order valence-corrected chi connectivity index (χ4v) is 2.39. The monoisotopic (exact) mass is 252 g/mol. The summed E-state index contributed by atoms with van der Waals surface area (Å²) < 4.78 is 2.24. The van der Waals surface area contributed by atoms with Crippen LogP contribution in [0.3, 0.4) is 0 Å². The SMILES string of the molecule is CCCCN(CC)C(CN)c1cncn1CCC. The van der Waals surface area contributed by atoms with Crippen LogP contribution in [0.4, 0.5) is 0 Å². The quantitative estimate of drug-likeness (QED) is 0.734. The molecule has 18 heavy (non-hydrogen) atoms. The van der Waals surface area contributed by atoms with Crippen LogP contribution in [0.25, 0.3) is 0 Å². The van der Waals surface area contributed by atoms with Crippen molar-refractivity contribution in [3.63, 3.8) is 0 Å². The fraction of sp³-hybridized carbons (Fsp3) is 0.786. The van der Waals surface area contributed by atoms with E-state index in [0.717, 1.165) is 26.1 Å². The second kappa shape index (κ2) is 8.27. The van der Waals surface area contributed by atoms with Crippen LogP contribution in [0, 0.1) is 0 Å². The van der Waals surface area contributed by atoms with Crippen molar-refractivity contribution < 1.29 is 0 Å². The third-order valence-corrected chi connectivity index (χ3v) is 3.42. The summed E-state index contributed by atoms with van der Waals surface area (Å²) in [6.45, 7) is 10.5. The minimum absolute atomic E-state index is 0.301. The topological polar surface area (TPSA) is 47.1 Å². The van der Waals surface area contributed by atoms with Gasteiger partial charge in [0.2, 0.25) is 0 Å². The Balaban J connectivity index is 2.81. The van der Waals surface area contributed by atoms with Gasteiger partial charge < -0.3 is 10.3 Å². The molecule has 1 heterocycles. The number of nitrogens with zero attached hydrogens (tertiary/aromatic N) is 3. The van der Waals surface area contributed by atoms with Crippen LogP contribution >= 0.6 is 0 Å². The fourth-order valence-electron chi connectivity index (χ4n) is 2.39. The molecule has 4 nitrogen and oxygen atoms in total. The third-order valence-electron chi connectivity index (χ3n) is 3.42. The lowest BCUT2D eigenvalue weighted by atomic mass is 10.1. The standard InChI is InChI=1S/C14H28N4/c1-4-7-9-17(6-3)13(10-15)14-11-16-12-18(14)8-5-2/h11-13H,4-10,15H2,1-3H3. The summed E-state index contributed by atoms with van der Waals surface area (Å²) in [6, 6.07) is 0.301. The summed E-state index contributed by atoms with van der Waals surface area (Å²) in [7, 11) is 0. The molecular weight excluding hydrogens is 224 g/mol. The zero-order valence-corrected chi connectivity index (χ0v) is 12.1. The highest BCUT2D eigenvalue weighted by Crippen LogP contribution is 2.20. The van der Waals surface area contributed by atoms with Crippen molar-refractivity contribution in [3.05, 3.63) is 18.2 Å². The first-order valence-corrected chi connectivity index (χ1v) is 7.22. The highest BCUT2D eigenvalue weighted by molar-refractivity contribution is 5.06. The van der Waals surface area contributed by atoms with E-state index < -0.39 is 0 Å². The van der Waals surface area contributed by atoms with E-state index in [2.05, 4.69) is 35.2 Å². The summed E-state index contributed by atoms with van der Waals surface area (Å²) in [6.07, 6.45) is 7.48. The Labute approximate surface area is 111 Å². The van der Waals surface area contributed by atoms with Gasteiger partial charge in [0.1, 0.15) is 0 Å². The smallest absolute Gasteiger partial charge is 0.0948 e. The van der Waals surface area contributed by atoms with Crippen LogP contribution in [0.2, 0.25) is 0 Å². The first-order chi connectivity index (χ1) is 8.78. The van der Waals surface area contributed by atoms with Crippen molar-refractivity contribution in [2.75, 3.05) is 19.6 Å². The molecular formula is C14H28N4. The van der Waals surface area contributed by atoms with E-state index in [9.17, 15) is 0 Å². The van der Waals surface area contributed by atoms with E-state index in [1.807, 2.05) is 12.5 Å². The largest absolute Gasteiger partial charge is 0.333 e. The lowest BCUT2D eigenvalue weighted by Gasteiger charge is -2.30. The molecule has 1 atom stereocenters. The van der Waals surface area contributed by atoms with Crippen LogP contribution in [0.1, 0.15) is 51.8 Å². The molecule has 1 unspecified atom stereocenters. The van der Waals surface area contributed by atoms with Gasteiger partial charge in [0, 0.05) is 19.3 Å². The number of imidazole rings is 1. The molecule has 1 rings (SSSR count).